The number of nitrogens with zero attached hydrogens (tertiary/aromatic N) is 1. The molecule has 2 saturated heterocycles. The number of allylic oxidation sites excluding steroid dienone is 4. The first-order valence-electron chi connectivity index (χ1n) is 9.24. The molecule has 1 unspecified atom stereocenters. The minimum Gasteiger partial charge on any atom is -0.317 e. The van der Waals surface area contributed by atoms with Crippen LogP contribution in [0.2, 0.25) is 0 Å². The van der Waals surface area contributed by atoms with Gasteiger partial charge in [-0.3, -0.25) is 19.7 Å². The van der Waals surface area contributed by atoms with Crippen LogP contribution in [0, 0.1) is 5.92 Å². The van der Waals surface area contributed by atoms with Crippen LogP contribution in [-0.2, 0) is 14.4 Å². The van der Waals surface area contributed by atoms with E-state index in [4.69, 9.17) is 0 Å². The van der Waals surface area contributed by atoms with Crippen LogP contribution in [0.1, 0.15) is 52.4 Å². The van der Waals surface area contributed by atoms with Gasteiger partial charge in [-0.1, -0.05) is 50.6 Å². The zero-order valence-electron chi connectivity index (χ0n) is 15.0. The van der Waals surface area contributed by atoms with Gasteiger partial charge in [0.15, 0.2) is 0 Å². The zero-order chi connectivity index (χ0) is 18.0. The van der Waals surface area contributed by atoms with Gasteiger partial charge in [-0.05, 0) is 25.2 Å². The van der Waals surface area contributed by atoms with Crippen LogP contribution in [0.25, 0.3) is 0 Å². The van der Waals surface area contributed by atoms with Crippen LogP contribution >= 0.6 is 0 Å². The second kappa shape index (κ2) is 6.98. The Bertz CT molecular complexity index is 676. The molecule has 0 radical (unpaired) electrons. The predicted molar refractivity (Wildman–Crippen MR) is 95.4 cm³/mol. The maximum atomic E-state index is 13.0. The first kappa shape index (κ1) is 17.6. The second-order valence-corrected chi connectivity index (χ2v) is 7.08. The topological polar surface area (TPSA) is 66.5 Å². The number of carbonyl (C=O) groups excluding carboxylic acids is 3. The fraction of sp³-hybridized carbons (Fsp3) is 0.550. The van der Waals surface area contributed by atoms with Crippen molar-refractivity contribution < 1.29 is 14.4 Å². The highest BCUT2D eigenvalue weighted by molar-refractivity contribution is 6.05. The molecule has 2 bridgehead atoms. The molecule has 3 amide bonds. The average molecular weight is 342 g/mol. The van der Waals surface area contributed by atoms with Crippen LogP contribution in [0.5, 0.6) is 0 Å². The first-order valence-corrected chi connectivity index (χ1v) is 9.24. The van der Waals surface area contributed by atoms with Crippen molar-refractivity contribution in [2.45, 2.75) is 64.0 Å². The summed E-state index contributed by atoms with van der Waals surface area (Å²) in [5.41, 5.74) is 0.307. The van der Waals surface area contributed by atoms with Gasteiger partial charge in [0, 0.05) is 18.4 Å². The van der Waals surface area contributed by atoms with E-state index in [-0.39, 0.29) is 30.1 Å². The Hall–Kier alpha value is -2.17. The molecule has 5 nitrogen and oxygen atoms in total. The number of fused-ring (bicyclic) bond motifs is 2. The molecule has 5 heteroatoms. The first-order chi connectivity index (χ1) is 12.0. The SMILES string of the molecule is CC/C=C\C[C@@H](CC)[C@@]12C=CC=C(C1)C(=O)N2C1CCC(=O)NC1=O. The van der Waals surface area contributed by atoms with E-state index in [2.05, 4.69) is 37.4 Å². The summed E-state index contributed by atoms with van der Waals surface area (Å²) in [5.74, 6) is -0.411. The lowest BCUT2D eigenvalue weighted by Crippen LogP contribution is -2.61. The molecule has 0 aromatic carbocycles. The molecule has 0 saturated carbocycles. The van der Waals surface area contributed by atoms with Crippen molar-refractivity contribution in [2.75, 3.05) is 0 Å². The highest BCUT2D eigenvalue weighted by Gasteiger charge is 2.55. The Morgan fingerprint density at radius 3 is 2.80 bits per heavy atom. The van der Waals surface area contributed by atoms with Crippen molar-refractivity contribution >= 4 is 17.7 Å². The largest absolute Gasteiger partial charge is 0.317 e. The Labute approximate surface area is 148 Å². The number of imide groups is 1. The summed E-state index contributed by atoms with van der Waals surface area (Å²) in [6.07, 6.45) is 14.4. The average Bonchev–Trinajstić information content (AvgIpc) is 2.79. The molecule has 1 N–H and O–H groups in total. The maximum Gasteiger partial charge on any atom is 0.251 e. The molecular weight excluding hydrogens is 316 g/mol. The highest BCUT2D eigenvalue weighted by Crippen LogP contribution is 2.47. The number of piperidine rings is 1. The molecule has 3 atom stereocenters. The van der Waals surface area contributed by atoms with Gasteiger partial charge in [-0.2, -0.15) is 0 Å². The van der Waals surface area contributed by atoms with Gasteiger partial charge in [0.1, 0.15) is 6.04 Å². The lowest BCUT2D eigenvalue weighted by molar-refractivity contribution is -0.147. The number of carbonyl (C=O) groups is 3. The summed E-state index contributed by atoms with van der Waals surface area (Å²) in [4.78, 5) is 38.8. The summed E-state index contributed by atoms with van der Waals surface area (Å²) in [6, 6.07) is -0.567. The minimum absolute atomic E-state index is 0.0579. The van der Waals surface area contributed by atoms with Crippen LogP contribution in [0.15, 0.2) is 36.0 Å². The molecule has 2 fully saturated rings. The number of nitrogens with one attached hydrogen (secondary N) is 1. The summed E-state index contributed by atoms with van der Waals surface area (Å²) in [5, 5.41) is 2.40. The number of likely N-dealkylation sites (tertiary alicyclic amines) is 1. The van der Waals surface area contributed by atoms with Gasteiger partial charge in [-0.15, -0.1) is 0 Å². The third kappa shape index (κ3) is 2.96. The fourth-order valence-electron chi connectivity index (χ4n) is 4.40. The van der Waals surface area contributed by atoms with Crippen LogP contribution < -0.4 is 5.32 Å². The minimum atomic E-state index is -0.567. The van der Waals surface area contributed by atoms with Crippen LogP contribution in [0.3, 0.4) is 0 Å². The third-order valence-electron chi connectivity index (χ3n) is 5.64. The molecule has 1 aliphatic carbocycles. The molecule has 25 heavy (non-hydrogen) atoms. The van der Waals surface area contributed by atoms with Gasteiger partial charge in [0.2, 0.25) is 11.8 Å². The van der Waals surface area contributed by atoms with Gasteiger partial charge in [-0.25, -0.2) is 0 Å². The van der Waals surface area contributed by atoms with E-state index < -0.39 is 11.6 Å². The van der Waals surface area contributed by atoms with Crippen molar-refractivity contribution in [3.63, 3.8) is 0 Å². The summed E-state index contributed by atoms with van der Waals surface area (Å²) in [7, 11) is 0. The van der Waals surface area contributed by atoms with Crippen LogP contribution in [0.4, 0.5) is 0 Å². The number of hydrogen-bond donors (Lipinski definition) is 1. The fourth-order valence-corrected chi connectivity index (χ4v) is 4.40. The summed E-state index contributed by atoms with van der Waals surface area (Å²) < 4.78 is 0. The van der Waals surface area contributed by atoms with Gasteiger partial charge >= 0.3 is 0 Å². The monoisotopic (exact) mass is 342 g/mol. The zero-order valence-corrected chi connectivity index (χ0v) is 15.0. The van der Waals surface area contributed by atoms with Gasteiger partial charge in [0.25, 0.3) is 5.91 Å². The molecule has 2 heterocycles. The highest BCUT2D eigenvalue weighted by atomic mass is 16.2. The molecule has 0 spiro atoms. The molecule has 2 aliphatic heterocycles. The number of rotatable bonds is 6. The maximum absolute atomic E-state index is 13.0. The molecular formula is C20H26N2O3. The van der Waals surface area contributed by atoms with Crippen molar-refractivity contribution in [2.24, 2.45) is 5.92 Å². The Morgan fingerprint density at radius 1 is 1.32 bits per heavy atom. The van der Waals surface area contributed by atoms with Crippen molar-refractivity contribution in [1.82, 2.24) is 10.2 Å². The summed E-state index contributed by atoms with van der Waals surface area (Å²) >= 11 is 0. The smallest absolute Gasteiger partial charge is 0.251 e. The van der Waals surface area contributed by atoms with Crippen molar-refractivity contribution in [3.05, 3.63) is 36.0 Å². The number of amides is 3. The quantitative estimate of drug-likeness (QED) is 0.596. The molecule has 3 aliphatic rings. The van der Waals surface area contributed by atoms with E-state index in [1.165, 1.54) is 0 Å². The van der Waals surface area contributed by atoms with Crippen LogP contribution in [-0.4, -0.2) is 34.2 Å². The molecule has 0 aromatic rings. The predicted octanol–water partition coefficient (Wildman–Crippen LogP) is 2.64. The lowest BCUT2D eigenvalue weighted by Gasteiger charge is -2.46. The Balaban J connectivity index is 1.96. The Morgan fingerprint density at radius 2 is 2.12 bits per heavy atom. The molecule has 0 aromatic heterocycles. The molecule has 3 rings (SSSR count). The van der Waals surface area contributed by atoms with E-state index in [1.807, 2.05) is 12.2 Å². The lowest BCUT2D eigenvalue weighted by atomic mass is 9.74. The second-order valence-electron chi connectivity index (χ2n) is 7.08. The van der Waals surface area contributed by atoms with E-state index >= 15 is 0 Å². The van der Waals surface area contributed by atoms with Gasteiger partial charge in [0.05, 0.1) is 5.54 Å². The van der Waals surface area contributed by atoms with E-state index in [1.54, 1.807) is 4.90 Å². The van der Waals surface area contributed by atoms with Gasteiger partial charge < -0.3 is 4.90 Å². The van der Waals surface area contributed by atoms with E-state index in [9.17, 15) is 14.4 Å². The van der Waals surface area contributed by atoms with E-state index in [0.717, 1.165) is 24.8 Å². The summed E-state index contributed by atoms with van der Waals surface area (Å²) in [6.45, 7) is 4.24. The van der Waals surface area contributed by atoms with E-state index in [0.29, 0.717) is 12.8 Å². The third-order valence-corrected chi connectivity index (χ3v) is 5.64. The Kier molecular flexibility index (Phi) is 4.93. The molecule has 134 valence electrons. The normalized spacial score (nSPS) is 30.0. The van der Waals surface area contributed by atoms with Crippen molar-refractivity contribution in [3.8, 4) is 0 Å². The van der Waals surface area contributed by atoms with Crippen molar-refractivity contribution in [1.29, 1.82) is 0 Å². The standard InChI is InChI=1S/C20H26N2O3/c1-3-5-6-9-15(4-2)20-12-7-8-14(13-20)19(25)22(20)16-10-11-17(23)21-18(16)24/h5-8,12,15-16H,3-4,9-11,13H2,1-2H3,(H,21,23,24)/b6-5-/t15-,16?,20-/m1/s1. The number of hydrogen-bond acceptors (Lipinski definition) is 3.